The average Bonchev–Trinajstić information content (AvgIpc) is 3.00. The molecule has 0 radical (unpaired) electrons. The molecular formula is C22H21FN4O4S. The fourth-order valence-electron chi connectivity index (χ4n) is 3.78. The number of urea groups is 1. The van der Waals surface area contributed by atoms with Gasteiger partial charge in [-0.15, -0.1) is 0 Å². The molecule has 0 saturated carbocycles. The van der Waals surface area contributed by atoms with Crippen LogP contribution in [0.1, 0.15) is 18.2 Å². The number of aromatic amines is 1. The Labute approximate surface area is 187 Å². The molecular weight excluding hydrogens is 435 g/mol. The van der Waals surface area contributed by atoms with Gasteiger partial charge in [-0.05, 0) is 42.7 Å². The third-order valence-electron chi connectivity index (χ3n) is 5.41. The molecule has 32 heavy (non-hydrogen) atoms. The van der Waals surface area contributed by atoms with Gasteiger partial charge in [-0.3, -0.25) is 9.59 Å². The summed E-state index contributed by atoms with van der Waals surface area (Å²) in [5.74, 6) is -1.17. The average molecular weight is 456 g/mol. The lowest BCUT2D eigenvalue weighted by atomic mass is 10.0. The first-order chi connectivity index (χ1) is 15.4. The van der Waals surface area contributed by atoms with Crippen LogP contribution in [0, 0.1) is 5.82 Å². The number of hydrogen-bond acceptors (Lipinski definition) is 6. The number of rotatable bonds is 7. The topological polar surface area (TPSA) is 95.6 Å². The van der Waals surface area contributed by atoms with E-state index in [4.69, 9.17) is 4.18 Å². The molecule has 0 spiro atoms. The van der Waals surface area contributed by atoms with Gasteiger partial charge >= 0.3 is 6.03 Å². The molecule has 1 unspecified atom stereocenters. The number of fused-ring (bicyclic) bond motifs is 1. The quantitative estimate of drug-likeness (QED) is 0.334. The third-order valence-corrected chi connectivity index (χ3v) is 5.82. The van der Waals surface area contributed by atoms with Crippen LogP contribution >= 0.6 is 12.0 Å². The number of halogens is 1. The summed E-state index contributed by atoms with van der Waals surface area (Å²) in [4.78, 5) is 40.0. The van der Waals surface area contributed by atoms with Gasteiger partial charge in [0.2, 0.25) is 0 Å². The van der Waals surface area contributed by atoms with Gasteiger partial charge in [-0.2, -0.15) is 5.10 Å². The molecule has 1 saturated heterocycles. The Morgan fingerprint density at radius 1 is 1.16 bits per heavy atom. The number of imide groups is 1. The molecule has 2 aromatic carbocycles. The minimum Gasteiger partial charge on any atom is -0.314 e. The summed E-state index contributed by atoms with van der Waals surface area (Å²) in [6.07, 6.45) is 2.04. The maximum absolute atomic E-state index is 14.7. The number of aromatic nitrogens is 2. The zero-order valence-corrected chi connectivity index (χ0v) is 18.3. The number of amides is 3. The minimum atomic E-state index is -0.721. The van der Waals surface area contributed by atoms with Crippen LogP contribution in [-0.2, 0) is 15.4 Å². The summed E-state index contributed by atoms with van der Waals surface area (Å²) in [5.41, 5.74) is 0.841. The van der Waals surface area contributed by atoms with Gasteiger partial charge < -0.3 is 9.08 Å². The number of nitrogens with one attached hydrogen (secondary N) is 1. The summed E-state index contributed by atoms with van der Waals surface area (Å²) in [6.45, 7) is 2.08. The second kappa shape index (κ2) is 9.09. The fraction of sp³-hybridized carbons (Fsp3) is 0.273. The Bertz CT molecular complexity index is 1250. The Kier molecular flexibility index (Phi) is 6.24. The molecule has 0 aliphatic carbocycles. The lowest BCUT2D eigenvalue weighted by Crippen LogP contribution is -2.36. The molecule has 166 valence electrons. The van der Waals surface area contributed by atoms with E-state index in [2.05, 4.69) is 10.2 Å². The highest BCUT2D eigenvalue weighted by Gasteiger charge is 2.44. The van der Waals surface area contributed by atoms with Crippen LogP contribution in [0.15, 0.2) is 47.3 Å². The van der Waals surface area contributed by atoms with E-state index in [1.807, 2.05) is 0 Å². The van der Waals surface area contributed by atoms with Gasteiger partial charge in [0.15, 0.2) is 0 Å². The molecule has 1 atom stereocenters. The van der Waals surface area contributed by atoms with Crippen molar-refractivity contribution in [1.82, 2.24) is 15.1 Å². The molecule has 1 aliphatic heterocycles. The van der Waals surface area contributed by atoms with Crippen molar-refractivity contribution in [2.24, 2.45) is 0 Å². The summed E-state index contributed by atoms with van der Waals surface area (Å²) in [6, 6.07) is 10.0. The first-order valence-electron chi connectivity index (χ1n) is 9.97. The first-order valence-corrected chi connectivity index (χ1v) is 11.1. The van der Waals surface area contributed by atoms with Crippen LogP contribution in [0.5, 0.6) is 0 Å². The molecule has 3 amide bonds. The molecule has 8 nitrogen and oxygen atoms in total. The number of carbonyl (C=O) groups excluding carboxylic acids is 2. The zero-order valence-electron chi connectivity index (χ0n) is 17.5. The maximum Gasteiger partial charge on any atom is 0.332 e. The van der Waals surface area contributed by atoms with Gasteiger partial charge in [-0.25, -0.2) is 19.2 Å². The molecule has 1 N–H and O–H groups in total. The van der Waals surface area contributed by atoms with E-state index in [1.54, 1.807) is 43.5 Å². The second-order valence-corrected chi connectivity index (χ2v) is 7.89. The van der Waals surface area contributed by atoms with E-state index in [0.29, 0.717) is 22.0 Å². The summed E-state index contributed by atoms with van der Waals surface area (Å²) < 4.78 is 19.9. The summed E-state index contributed by atoms with van der Waals surface area (Å²) in [7, 11) is 0. The third kappa shape index (κ3) is 3.98. The maximum atomic E-state index is 14.7. The molecule has 0 bridgehead atoms. The first kappa shape index (κ1) is 22.0. The van der Waals surface area contributed by atoms with E-state index in [9.17, 15) is 18.8 Å². The van der Waals surface area contributed by atoms with Gasteiger partial charge in [0.1, 0.15) is 11.9 Å². The van der Waals surface area contributed by atoms with Crippen molar-refractivity contribution in [3.05, 3.63) is 69.9 Å². The number of anilines is 1. The monoisotopic (exact) mass is 456 g/mol. The minimum absolute atomic E-state index is 0.105. The summed E-state index contributed by atoms with van der Waals surface area (Å²) in [5, 5.41) is 7.81. The molecule has 1 aliphatic rings. The molecule has 3 aromatic rings. The highest BCUT2D eigenvalue weighted by molar-refractivity contribution is 7.93. The van der Waals surface area contributed by atoms with Crippen molar-refractivity contribution >= 4 is 40.4 Å². The number of H-pyrrole nitrogens is 1. The van der Waals surface area contributed by atoms with Gasteiger partial charge in [0.25, 0.3) is 11.5 Å². The Morgan fingerprint density at radius 2 is 1.91 bits per heavy atom. The van der Waals surface area contributed by atoms with Crippen LogP contribution in [-0.4, -0.2) is 52.5 Å². The van der Waals surface area contributed by atoms with Crippen LogP contribution < -0.4 is 10.5 Å². The normalized spacial score (nSPS) is 16.4. The van der Waals surface area contributed by atoms with Crippen molar-refractivity contribution in [2.75, 3.05) is 24.3 Å². The SMILES string of the molecule is CSOCCN1C(=O)N(c2cc(Cc3n[nH]c(=O)c4ccccc34)ccc2F)C(=O)C1C. The smallest absolute Gasteiger partial charge is 0.314 e. The predicted molar refractivity (Wildman–Crippen MR) is 120 cm³/mol. The number of nitrogens with zero attached hydrogens (tertiary/aromatic N) is 3. The second-order valence-electron chi connectivity index (χ2n) is 7.32. The van der Waals surface area contributed by atoms with Crippen molar-refractivity contribution in [1.29, 1.82) is 0 Å². The van der Waals surface area contributed by atoms with Gasteiger partial charge in [-0.1, -0.05) is 24.3 Å². The highest BCUT2D eigenvalue weighted by atomic mass is 32.2. The van der Waals surface area contributed by atoms with Crippen molar-refractivity contribution in [3.63, 3.8) is 0 Å². The number of hydrogen-bond donors (Lipinski definition) is 1. The molecule has 1 aromatic heterocycles. The molecule has 10 heteroatoms. The zero-order chi connectivity index (χ0) is 22.8. The van der Waals surface area contributed by atoms with E-state index in [1.165, 1.54) is 29.1 Å². The predicted octanol–water partition coefficient (Wildman–Crippen LogP) is 3.10. The fourth-order valence-corrected chi connectivity index (χ4v) is 4.02. The van der Waals surface area contributed by atoms with E-state index in [0.717, 1.165) is 4.90 Å². The number of benzene rings is 2. The van der Waals surface area contributed by atoms with Crippen LogP contribution in [0.25, 0.3) is 10.8 Å². The van der Waals surface area contributed by atoms with Crippen LogP contribution in [0.2, 0.25) is 0 Å². The van der Waals surface area contributed by atoms with Crippen molar-refractivity contribution in [2.45, 2.75) is 19.4 Å². The van der Waals surface area contributed by atoms with Crippen molar-refractivity contribution in [3.8, 4) is 0 Å². The highest BCUT2D eigenvalue weighted by Crippen LogP contribution is 2.29. The van der Waals surface area contributed by atoms with Gasteiger partial charge in [0, 0.05) is 24.6 Å². The molecule has 2 heterocycles. The lowest BCUT2D eigenvalue weighted by Gasteiger charge is -2.19. The van der Waals surface area contributed by atoms with Crippen LogP contribution in [0.3, 0.4) is 0 Å². The van der Waals surface area contributed by atoms with E-state index in [-0.39, 0.29) is 30.8 Å². The number of carbonyl (C=O) groups is 2. The Hall–Kier alpha value is -3.24. The Morgan fingerprint density at radius 3 is 2.66 bits per heavy atom. The standard InChI is InChI=1S/C22H21FN4O4S/c1-13-21(29)27(22(30)26(13)9-10-31-32-2)19-12-14(7-8-17(19)23)11-18-15-5-3-4-6-16(15)20(28)25-24-18/h3-8,12-13H,9-11H2,1-2H3,(H,25,28). The Balaban J connectivity index is 1.65. The van der Waals surface area contributed by atoms with Gasteiger partial charge in [0.05, 0.1) is 23.4 Å². The van der Waals surface area contributed by atoms with E-state index < -0.39 is 23.8 Å². The molecule has 1 fully saturated rings. The summed E-state index contributed by atoms with van der Waals surface area (Å²) >= 11 is 1.17. The van der Waals surface area contributed by atoms with Crippen LogP contribution in [0.4, 0.5) is 14.9 Å². The molecule has 4 rings (SSSR count). The van der Waals surface area contributed by atoms with Crippen molar-refractivity contribution < 1.29 is 18.2 Å². The lowest BCUT2D eigenvalue weighted by molar-refractivity contribution is -0.119. The van der Waals surface area contributed by atoms with E-state index >= 15 is 0 Å². The largest absolute Gasteiger partial charge is 0.332 e.